The first-order chi connectivity index (χ1) is 14.0. The minimum Gasteiger partial charge on any atom is -0.315 e. The highest BCUT2D eigenvalue weighted by Gasteiger charge is 2.50. The van der Waals surface area contributed by atoms with Gasteiger partial charge in [0.25, 0.3) is 0 Å². The number of aldehydes is 1. The first kappa shape index (κ1) is 19.2. The zero-order chi connectivity index (χ0) is 20.5. The summed E-state index contributed by atoms with van der Waals surface area (Å²) in [7, 11) is 1.70. The van der Waals surface area contributed by atoms with Crippen LogP contribution < -0.4 is 4.90 Å². The predicted octanol–water partition coefficient (Wildman–Crippen LogP) is 3.43. The molecule has 1 fully saturated rings. The van der Waals surface area contributed by atoms with Gasteiger partial charge < -0.3 is 9.69 Å². The van der Waals surface area contributed by atoms with E-state index < -0.39 is 23.7 Å². The number of hydrogen-bond acceptors (Lipinski definition) is 4. The van der Waals surface area contributed by atoms with E-state index >= 15 is 0 Å². The highest BCUT2D eigenvalue weighted by Crippen LogP contribution is 2.46. The van der Waals surface area contributed by atoms with E-state index in [1.54, 1.807) is 36.2 Å². The van der Waals surface area contributed by atoms with Crippen molar-refractivity contribution in [2.75, 3.05) is 11.9 Å². The maximum Gasteiger partial charge on any atom is 0.235 e. The normalized spacial score (nSPS) is 24.9. The maximum absolute atomic E-state index is 13.6. The minimum atomic E-state index is -0.814. The van der Waals surface area contributed by atoms with Gasteiger partial charge in [-0.3, -0.25) is 14.4 Å². The summed E-state index contributed by atoms with van der Waals surface area (Å²) in [6, 6.07) is 16.2. The van der Waals surface area contributed by atoms with Crippen LogP contribution in [0.4, 0.5) is 5.69 Å². The van der Waals surface area contributed by atoms with Gasteiger partial charge in [-0.05, 0) is 24.5 Å². The third kappa shape index (κ3) is 3.20. The molecule has 0 radical (unpaired) electrons. The number of ketones is 2. The molecule has 1 amide bonds. The van der Waals surface area contributed by atoms with E-state index in [4.69, 9.17) is 0 Å². The lowest BCUT2D eigenvalue weighted by Crippen LogP contribution is -2.42. The molecule has 29 heavy (non-hydrogen) atoms. The Morgan fingerprint density at radius 2 is 1.72 bits per heavy atom. The standard InChI is InChI=1S/C24H23NO4/c1-25-19-13-6-5-11-17(19)21(24(25)29)20(23(28)15-8-3-2-4-9-15)18-12-7-10-16(14-26)22(18)27/h2-6,8-9,11,13-14,16,18,20-21H,7,10,12H2,1H3. The smallest absolute Gasteiger partial charge is 0.235 e. The molecule has 1 heterocycles. The Morgan fingerprint density at radius 3 is 2.45 bits per heavy atom. The van der Waals surface area contributed by atoms with E-state index in [0.717, 1.165) is 11.3 Å². The van der Waals surface area contributed by atoms with Gasteiger partial charge in [-0.25, -0.2) is 0 Å². The highest BCUT2D eigenvalue weighted by molar-refractivity contribution is 6.11. The number of hydrogen-bond donors (Lipinski definition) is 0. The van der Waals surface area contributed by atoms with Gasteiger partial charge in [-0.1, -0.05) is 55.0 Å². The van der Waals surface area contributed by atoms with Crippen LogP contribution in [0.3, 0.4) is 0 Å². The fourth-order valence-corrected chi connectivity index (χ4v) is 4.83. The number of amides is 1. The number of benzene rings is 2. The van der Waals surface area contributed by atoms with Gasteiger partial charge in [0.2, 0.25) is 5.91 Å². The molecule has 0 N–H and O–H groups in total. The number of carbonyl (C=O) groups is 4. The van der Waals surface area contributed by atoms with Crippen LogP contribution >= 0.6 is 0 Å². The van der Waals surface area contributed by atoms with E-state index in [1.165, 1.54) is 0 Å². The molecule has 5 nitrogen and oxygen atoms in total. The van der Waals surface area contributed by atoms with E-state index in [1.807, 2.05) is 30.3 Å². The molecule has 2 aromatic rings. The first-order valence-electron chi connectivity index (χ1n) is 9.99. The molecule has 2 aromatic carbocycles. The zero-order valence-corrected chi connectivity index (χ0v) is 16.3. The molecule has 0 spiro atoms. The van der Waals surface area contributed by atoms with Crippen molar-refractivity contribution in [3.8, 4) is 0 Å². The quantitative estimate of drug-likeness (QED) is 0.446. The van der Waals surface area contributed by atoms with Crippen molar-refractivity contribution in [1.29, 1.82) is 0 Å². The fourth-order valence-electron chi connectivity index (χ4n) is 4.83. The van der Waals surface area contributed by atoms with Crippen LogP contribution in [-0.4, -0.2) is 30.8 Å². The Balaban J connectivity index is 1.83. The van der Waals surface area contributed by atoms with Crippen LogP contribution in [0.2, 0.25) is 0 Å². The molecule has 1 aliphatic carbocycles. The molecule has 0 bridgehead atoms. The minimum absolute atomic E-state index is 0.179. The van der Waals surface area contributed by atoms with Crippen molar-refractivity contribution < 1.29 is 19.2 Å². The van der Waals surface area contributed by atoms with E-state index in [-0.39, 0.29) is 17.5 Å². The lowest BCUT2D eigenvalue weighted by molar-refractivity contribution is -0.134. The molecule has 5 heteroatoms. The molecule has 148 valence electrons. The van der Waals surface area contributed by atoms with Crippen molar-refractivity contribution in [2.24, 2.45) is 17.8 Å². The molecule has 1 saturated carbocycles. The summed E-state index contributed by atoms with van der Waals surface area (Å²) < 4.78 is 0. The summed E-state index contributed by atoms with van der Waals surface area (Å²) in [6.45, 7) is 0. The molecule has 4 atom stereocenters. The zero-order valence-electron chi connectivity index (χ0n) is 16.3. The summed E-state index contributed by atoms with van der Waals surface area (Å²) in [5.41, 5.74) is 2.03. The van der Waals surface area contributed by atoms with Gasteiger partial charge in [0.05, 0.1) is 11.8 Å². The van der Waals surface area contributed by atoms with Crippen molar-refractivity contribution in [2.45, 2.75) is 25.2 Å². The van der Waals surface area contributed by atoms with Crippen molar-refractivity contribution >= 4 is 29.4 Å². The number of likely N-dealkylation sites (N-methyl/N-ethyl adjacent to an activating group) is 1. The molecule has 0 saturated heterocycles. The van der Waals surface area contributed by atoms with Crippen LogP contribution in [0.5, 0.6) is 0 Å². The average molecular weight is 389 g/mol. The van der Waals surface area contributed by atoms with Gasteiger partial charge in [-0.15, -0.1) is 0 Å². The number of para-hydroxylation sites is 1. The number of anilines is 1. The molecule has 2 aliphatic rings. The largest absolute Gasteiger partial charge is 0.315 e. The molecular formula is C24H23NO4. The van der Waals surface area contributed by atoms with Crippen LogP contribution in [0.1, 0.15) is 41.1 Å². The Labute approximate surface area is 169 Å². The second-order valence-electron chi connectivity index (χ2n) is 7.87. The monoisotopic (exact) mass is 389 g/mol. The lowest BCUT2D eigenvalue weighted by atomic mass is 9.66. The highest BCUT2D eigenvalue weighted by atomic mass is 16.2. The van der Waals surface area contributed by atoms with Gasteiger partial charge in [0.1, 0.15) is 12.1 Å². The Hall–Kier alpha value is -3.08. The third-order valence-electron chi connectivity index (χ3n) is 6.31. The average Bonchev–Trinajstić information content (AvgIpc) is 3.01. The van der Waals surface area contributed by atoms with E-state index in [2.05, 4.69) is 0 Å². The van der Waals surface area contributed by atoms with Gasteiger partial charge >= 0.3 is 0 Å². The van der Waals surface area contributed by atoms with Crippen LogP contribution in [0, 0.1) is 17.8 Å². The number of nitrogens with zero attached hydrogens (tertiary/aromatic N) is 1. The Bertz CT molecular complexity index is 968. The van der Waals surface area contributed by atoms with Crippen LogP contribution in [-0.2, 0) is 14.4 Å². The third-order valence-corrected chi connectivity index (χ3v) is 6.31. The lowest BCUT2D eigenvalue weighted by Gasteiger charge is -2.33. The van der Waals surface area contributed by atoms with Crippen LogP contribution in [0.15, 0.2) is 54.6 Å². The molecular weight excluding hydrogens is 366 g/mol. The maximum atomic E-state index is 13.6. The van der Waals surface area contributed by atoms with Gasteiger partial charge in [0, 0.05) is 30.1 Å². The number of Topliss-reactive ketones (excluding diaryl/α,β-unsaturated/α-hetero) is 2. The second kappa shape index (κ2) is 7.74. The molecule has 4 rings (SSSR count). The topological polar surface area (TPSA) is 71.5 Å². The number of carbonyl (C=O) groups excluding carboxylic acids is 4. The molecule has 4 unspecified atom stereocenters. The fraction of sp³-hybridized carbons (Fsp3) is 0.333. The van der Waals surface area contributed by atoms with Crippen LogP contribution in [0.25, 0.3) is 0 Å². The first-order valence-corrected chi connectivity index (χ1v) is 9.99. The Kier molecular flexibility index (Phi) is 5.14. The number of fused-ring (bicyclic) bond motifs is 1. The van der Waals surface area contributed by atoms with Crippen molar-refractivity contribution in [3.63, 3.8) is 0 Å². The second-order valence-corrected chi connectivity index (χ2v) is 7.87. The molecule has 0 aromatic heterocycles. The van der Waals surface area contributed by atoms with E-state index in [9.17, 15) is 19.2 Å². The summed E-state index contributed by atoms with van der Waals surface area (Å²) >= 11 is 0. The van der Waals surface area contributed by atoms with E-state index in [0.29, 0.717) is 31.1 Å². The molecule has 1 aliphatic heterocycles. The number of rotatable bonds is 5. The predicted molar refractivity (Wildman–Crippen MR) is 109 cm³/mol. The SMILES string of the molecule is CN1C(=O)C(C(C(=O)c2ccccc2)C2CCCC(C=O)C2=O)c2ccccc21. The summed E-state index contributed by atoms with van der Waals surface area (Å²) in [4.78, 5) is 52.9. The Morgan fingerprint density at radius 1 is 1.03 bits per heavy atom. The van der Waals surface area contributed by atoms with Gasteiger partial charge in [-0.2, -0.15) is 0 Å². The van der Waals surface area contributed by atoms with Gasteiger partial charge in [0.15, 0.2) is 5.78 Å². The summed E-state index contributed by atoms with van der Waals surface area (Å²) in [5.74, 6) is -3.46. The van der Waals surface area contributed by atoms with Crippen molar-refractivity contribution in [1.82, 2.24) is 0 Å². The van der Waals surface area contributed by atoms with Crippen molar-refractivity contribution in [3.05, 3.63) is 65.7 Å². The summed E-state index contributed by atoms with van der Waals surface area (Å²) in [6.07, 6.45) is 2.41. The summed E-state index contributed by atoms with van der Waals surface area (Å²) in [5, 5.41) is 0.